The molecule has 0 aliphatic carbocycles. The van der Waals surface area contributed by atoms with Crippen LogP contribution in [-0.4, -0.2) is 40.3 Å². The Labute approximate surface area is 260 Å². The molecule has 0 N–H and O–H groups in total. The van der Waals surface area contributed by atoms with E-state index in [2.05, 4.69) is 120 Å². The zero-order valence-electron chi connectivity index (χ0n) is 26.1. The molecule has 6 aromatic rings. The minimum atomic E-state index is -0.463. The molecule has 0 saturated carbocycles. The quantitative estimate of drug-likeness (QED) is 0.135. The maximum atomic E-state index is 6.92. The van der Waals surface area contributed by atoms with Gasteiger partial charge in [0, 0.05) is 56.5 Å². The van der Waals surface area contributed by atoms with Crippen molar-refractivity contribution < 1.29 is 14.2 Å². The molecule has 228 valence electrons. The predicted octanol–water partition coefficient (Wildman–Crippen LogP) is 9.48. The highest BCUT2D eigenvalue weighted by atomic mass is 16.7. The van der Waals surface area contributed by atoms with Crippen LogP contribution < -0.4 is 0 Å². The van der Waals surface area contributed by atoms with Crippen LogP contribution in [0.15, 0.2) is 97.1 Å². The first-order chi connectivity index (χ1) is 21.7. The molecule has 1 aliphatic heterocycles. The lowest BCUT2D eigenvalue weighted by Gasteiger charge is -2.28. The molecule has 7 rings (SSSR count). The van der Waals surface area contributed by atoms with E-state index in [0.29, 0.717) is 13.2 Å². The van der Waals surface area contributed by atoms with Crippen molar-refractivity contribution in [1.82, 2.24) is 9.13 Å². The Bertz CT molecular complexity index is 1640. The van der Waals surface area contributed by atoms with E-state index in [1.807, 2.05) is 0 Å². The van der Waals surface area contributed by atoms with Gasteiger partial charge in [0.1, 0.15) is 6.10 Å². The molecule has 1 fully saturated rings. The first kappa shape index (κ1) is 29.1. The zero-order valence-corrected chi connectivity index (χ0v) is 26.1. The van der Waals surface area contributed by atoms with E-state index in [1.165, 1.54) is 43.6 Å². The number of rotatable bonds is 13. The molecule has 0 unspecified atom stereocenters. The second-order valence-electron chi connectivity index (χ2n) is 12.4. The van der Waals surface area contributed by atoms with Gasteiger partial charge < -0.3 is 23.3 Å². The summed E-state index contributed by atoms with van der Waals surface area (Å²) in [6.07, 6.45) is 6.25. The number of fused-ring (bicyclic) bond motifs is 6. The summed E-state index contributed by atoms with van der Waals surface area (Å²) >= 11 is 0. The van der Waals surface area contributed by atoms with E-state index in [-0.39, 0.29) is 12.2 Å². The van der Waals surface area contributed by atoms with Crippen LogP contribution in [0.4, 0.5) is 0 Å². The van der Waals surface area contributed by atoms with Gasteiger partial charge in [-0.15, -0.1) is 0 Å². The molecule has 44 heavy (non-hydrogen) atoms. The Kier molecular flexibility index (Phi) is 8.44. The van der Waals surface area contributed by atoms with Crippen LogP contribution in [0.25, 0.3) is 43.6 Å². The smallest absolute Gasteiger partial charge is 0.169 e. The van der Waals surface area contributed by atoms with Crippen molar-refractivity contribution in [3.8, 4) is 0 Å². The van der Waals surface area contributed by atoms with Crippen LogP contribution in [0.5, 0.6) is 0 Å². The van der Waals surface area contributed by atoms with Crippen LogP contribution >= 0.6 is 0 Å². The fourth-order valence-electron chi connectivity index (χ4n) is 7.19. The van der Waals surface area contributed by atoms with Gasteiger partial charge in [-0.3, -0.25) is 0 Å². The molecule has 1 saturated heterocycles. The van der Waals surface area contributed by atoms with Crippen molar-refractivity contribution in [3.63, 3.8) is 0 Å². The van der Waals surface area contributed by atoms with Gasteiger partial charge in [-0.05, 0) is 37.1 Å². The highest BCUT2D eigenvalue weighted by Crippen LogP contribution is 2.35. The number of hydrogen-bond donors (Lipinski definition) is 0. The van der Waals surface area contributed by atoms with Gasteiger partial charge in [0.2, 0.25) is 0 Å². The summed E-state index contributed by atoms with van der Waals surface area (Å²) in [5, 5.41) is 5.12. The van der Waals surface area contributed by atoms with E-state index in [0.717, 1.165) is 51.6 Å². The number of nitrogens with zero attached hydrogens (tertiary/aromatic N) is 2. The standard InChI is InChI=1S/C39H44N2O3/c1-3-5-23-39(24-6-4-2)43-28-30(44-39)27-42-29(25-40-35-19-11-7-15-31(35)32-16-8-12-20-36(32)40)26-41-37-21-13-9-17-33(37)34-18-10-14-22-38(34)41/h7-22,29-30H,3-6,23-28H2,1-2H3/t30-/m0/s1. The number of ether oxygens (including phenoxy) is 3. The Hall–Kier alpha value is -3.64. The van der Waals surface area contributed by atoms with Gasteiger partial charge in [-0.2, -0.15) is 0 Å². The summed E-state index contributed by atoms with van der Waals surface area (Å²) in [4.78, 5) is 0. The Balaban J connectivity index is 1.22. The summed E-state index contributed by atoms with van der Waals surface area (Å²) in [5.41, 5.74) is 4.96. The van der Waals surface area contributed by atoms with E-state index in [4.69, 9.17) is 14.2 Å². The SMILES string of the molecule is CCCCC1(CCCC)OC[C@H](COC(Cn2c3ccccc3c3ccccc32)Cn2c3ccccc3c3ccccc32)O1. The van der Waals surface area contributed by atoms with Gasteiger partial charge in [0.05, 0.1) is 32.4 Å². The first-order valence-corrected chi connectivity index (χ1v) is 16.5. The maximum Gasteiger partial charge on any atom is 0.169 e. The second kappa shape index (κ2) is 12.8. The van der Waals surface area contributed by atoms with Gasteiger partial charge in [-0.1, -0.05) is 99.5 Å². The van der Waals surface area contributed by atoms with Crippen molar-refractivity contribution in [2.24, 2.45) is 0 Å². The largest absolute Gasteiger partial charge is 0.372 e. The molecule has 3 heterocycles. The summed E-state index contributed by atoms with van der Waals surface area (Å²) in [6, 6.07) is 34.9. The predicted molar refractivity (Wildman–Crippen MR) is 181 cm³/mol. The molecule has 5 nitrogen and oxygen atoms in total. The third-order valence-electron chi connectivity index (χ3n) is 9.39. The normalized spacial score (nSPS) is 16.8. The summed E-state index contributed by atoms with van der Waals surface area (Å²) in [5.74, 6) is -0.463. The molecule has 1 aliphatic rings. The second-order valence-corrected chi connectivity index (χ2v) is 12.4. The number of aromatic nitrogens is 2. The number of hydrogen-bond acceptors (Lipinski definition) is 3. The van der Waals surface area contributed by atoms with Crippen LogP contribution in [0.3, 0.4) is 0 Å². The molecular weight excluding hydrogens is 544 g/mol. The van der Waals surface area contributed by atoms with Crippen LogP contribution in [-0.2, 0) is 27.3 Å². The van der Waals surface area contributed by atoms with Gasteiger partial charge in [0.15, 0.2) is 5.79 Å². The highest BCUT2D eigenvalue weighted by Gasteiger charge is 2.40. The molecule has 0 spiro atoms. The molecule has 5 heteroatoms. The van der Waals surface area contributed by atoms with Crippen molar-refractivity contribution in [3.05, 3.63) is 97.1 Å². The molecule has 1 atom stereocenters. The Morgan fingerprint density at radius 1 is 0.659 bits per heavy atom. The van der Waals surface area contributed by atoms with Gasteiger partial charge in [-0.25, -0.2) is 0 Å². The number of unbranched alkanes of at least 4 members (excludes halogenated alkanes) is 2. The summed E-state index contributed by atoms with van der Waals surface area (Å²) in [6.45, 7) is 7.04. The topological polar surface area (TPSA) is 37.5 Å². The number of para-hydroxylation sites is 4. The van der Waals surface area contributed by atoms with E-state index in [9.17, 15) is 0 Å². The fourth-order valence-corrected chi connectivity index (χ4v) is 7.19. The van der Waals surface area contributed by atoms with Crippen molar-refractivity contribution in [2.45, 2.75) is 83.5 Å². The minimum absolute atomic E-state index is 0.0671. The molecule has 0 amide bonds. The average molecular weight is 589 g/mol. The Morgan fingerprint density at radius 3 is 1.48 bits per heavy atom. The van der Waals surface area contributed by atoms with E-state index >= 15 is 0 Å². The molecule has 2 aromatic heterocycles. The van der Waals surface area contributed by atoms with Gasteiger partial charge in [0.25, 0.3) is 0 Å². The lowest BCUT2D eigenvalue weighted by molar-refractivity contribution is -0.185. The fraction of sp³-hybridized carbons (Fsp3) is 0.385. The lowest BCUT2D eigenvalue weighted by atomic mass is 10.0. The third kappa shape index (κ3) is 5.53. The third-order valence-corrected chi connectivity index (χ3v) is 9.39. The summed E-state index contributed by atoms with van der Waals surface area (Å²) in [7, 11) is 0. The van der Waals surface area contributed by atoms with Crippen molar-refractivity contribution in [2.75, 3.05) is 13.2 Å². The van der Waals surface area contributed by atoms with Crippen LogP contribution in [0.2, 0.25) is 0 Å². The lowest BCUT2D eigenvalue weighted by Crippen LogP contribution is -2.33. The maximum absolute atomic E-state index is 6.92. The molecule has 4 aromatic carbocycles. The average Bonchev–Trinajstić information content (AvgIpc) is 3.73. The molecular formula is C39H44N2O3. The first-order valence-electron chi connectivity index (χ1n) is 16.5. The highest BCUT2D eigenvalue weighted by molar-refractivity contribution is 6.08. The number of benzene rings is 4. The van der Waals surface area contributed by atoms with E-state index in [1.54, 1.807) is 0 Å². The minimum Gasteiger partial charge on any atom is -0.372 e. The van der Waals surface area contributed by atoms with Crippen LogP contribution in [0, 0.1) is 0 Å². The van der Waals surface area contributed by atoms with Crippen molar-refractivity contribution >= 4 is 43.6 Å². The Morgan fingerprint density at radius 2 is 1.07 bits per heavy atom. The van der Waals surface area contributed by atoms with Crippen molar-refractivity contribution in [1.29, 1.82) is 0 Å². The zero-order chi connectivity index (χ0) is 29.9. The molecule has 0 radical (unpaired) electrons. The van der Waals surface area contributed by atoms with E-state index < -0.39 is 5.79 Å². The van der Waals surface area contributed by atoms with Gasteiger partial charge >= 0.3 is 0 Å². The monoisotopic (exact) mass is 588 g/mol. The summed E-state index contributed by atoms with van der Waals surface area (Å²) < 4.78 is 24.9. The van der Waals surface area contributed by atoms with Crippen LogP contribution in [0.1, 0.15) is 52.4 Å². The molecule has 0 bridgehead atoms.